The van der Waals surface area contributed by atoms with Gasteiger partial charge >= 0.3 is 6.18 Å². The molecular formula is C20H23F3N2O4S. The van der Waals surface area contributed by atoms with Crippen LogP contribution in [-0.4, -0.2) is 39.8 Å². The summed E-state index contributed by atoms with van der Waals surface area (Å²) >= 11 is 0. The number of anilines is 1. The predicted octanol–water partition coefficient (Wildman–Crippen LogP) is 3.36. The number of halogens is 3. The van der Waals surface area contributed by atoms with Gasteiger partial charge in [-0.15, -0.1) is 0 Å². The molecule has 2 rings (SSSR count). The molecule has 1 amide bonds. The number of benzene rings is 2. The third-order valence-corrected chi connectivity index (χ3v) is 5.45. The van der Waals surface area contributed by atoms with E-state index in [9.17, 15) is 26.4 Å². The van der Waals surface area contributed by atoms with Gasteiger partial charge in [-0.1, -0.05) is 23.8 Å². The quantitative estimate of drug-likeness (QED) is 0.634. The zero-order valence-corrected chi connectivity index (χ0v) is 17.5. The molecule has 0 saturated heterocycles. The molecule has 0 heterocycles. The van der Waals surface area contributed by atoms with E-state index in [1.54, 1.807) is 12.1 Å². The molecule has 164 valence electrons. The van der Waals surface area contributed by atoms with Crippen molar-refractivity contribution >= 4 is 21.6 Å². The molecule has 0 fully saturated rings. The predicted molar refractivity (Wildman–Crippen MR) is 108 cm³/mol. The average molecular weight is 444 g/mol. The van der Waals surface area contributed by atoms with Gasteiger partial charge in [0, 0.05) is 0 Å². The van der Waals surface area contributed by atoms with E-state index in [2.05, 4.69) is 5.32 Å². The Morgan fingerprint density at radius 3 is 2.37 bits per heavy atom. The lowest BCUT2D eigenvalue weighted by Gasteiger charge is -2.28. The van der Waals surface area contributed by atoms with Crippen LogP contribution in [0.4, 0.5) is 18.9 Å². The fourth-order valence-electron chi connectivity index (χ4n) is 2.75. The summed E-state index contributed by atoms with van der Waals surface area (Å²) in [7, 11) is -4.03. The molecule has 1 unspecified atom stereocenters. The Kier molecular flexibility index (Phi) is 7.35. The van der Waals surface area contributed by atoms with Crippen LogP contribution in [0.25, 0.3) is 0 Å². The first-order chi connectivity index (χ1) is 13.9. The van der Waals surface area contributed by atoms with Crippen molar-refractivity contribution in [1.82, 2.24) is 5.32 Å². The maximum atomic E-state index is 13.0. The molecule has 6 nitrogen and oxygen atoms in total. The van der Waals surface area contributed by atoms with Crippen molar-refractivity contribution in [2.75, 3.05) is 23.7 Å². The molecule has 0 aliphatic heterocycles. The van der Waals surface area contributed by atoms with Gasteiger partial charge in [0.2, 0.25) is 15.9 Å². The summed E-state index contributed by atoms with van der Waals surface area (Å²) in [6, 6.07) is 9.86. The number of hydrogen-bond acceptors (Lipinski definition) is 4. The molecular weight excluding hydrogens is 421 g/mol. The molecule has 0 aliphatic carbocycles. The van der Waals surface area contributed by atoms with Crippen molar-refractivity contribution < 1.29 is 31.1 Å². The Balaban J connectivity index is 2.07. The first-order valence-corrected chi connectivity index (χ1v) is 10.9. The highest BCUT2D eigenvalue weighted by Crippen LogP contribution is 2.32. The van der Waals surface area contributed by atoms with Crippen LogP contribution in [0.15, 0.2) is 48.5 Å². The minimum atomic E-state index is -4.64. The van der Waals surface area contributed by atoms with Crippen LogP contribution in [0, 0.1) is 6.92 Å². The van der Waals surface area contributed by atoms with Crippen LogP contribution >= 0.6 is 0 Å². The molecule has 0 saturated carbocycles. The number of nitrogens with zero attached hydrogens (tertiary/aromatic N) is 1. The summed E-state index contributed by atoms with van der Waals surface area (Å²) < 4.78 is 69.6. The maximum absolute atomic E-state index is 13.0. The number of aryl methyl sites for hydroxylation is 1. The van der Waals surface area contributed by atoms with Crippen molar-refractivity contribution in [2.45, 2.75) is 26.1 Å². The number of carbonyl (C=O) groups is 1. The molecule has 0 spiro atoms. The molecule has 0 aliphatic rings. The van der Waals surface area contributed by atoms with Gasteiger partial charge in [0.25, 0.3) is 0 Å². The van der Waals surface area contributed by atoms with Crippen LogP contribution in [0.5, 0.6) is 5.75 Å². The normalized spacial score (nSPS) is 12.9. The first kappa shape index (κ1) is 23.5. The van der Waals surface area contributed by atoms with E-state index in [0.717, 1.165) is 24.0 Å². The monoisotopic (exact) mass is 444 g/mol. The zero-order chi connectivity index (χ0) is 22.5. The molecule has 0 bridgehead atoms. The first-order valence-electron chi connectivity index (χ1n) is 9.03. The molecule has 1 N–H and O–H groups in total. The second-order valence-electron chi connectivity index (χ2n) is 6.74. The van der Waals surface area contributed by atoms with Gasteiger partial charge in [-0.05, 0) is 44.2 Å². The highest BCUT2D eigenvalue weighted by atomic mass is 32.2. The van der Waals surface area contributed by atoms with Crippen LogP contribution in [-0.2, 0) is 21.0 Å². The molecule has 10 heteroatoms. The number of hydrogen-bond donors (Lipinski definition) is 1. The second-order valence-corrected chi connectivity index (χ2v) is 8.59. The standard InChI is InChI=1S/C20H23F3N2O4S/c1-14-7-9-18(10-8-14)29-12-11-24-19(26)15(2)25(30(3,27)28)17-6-4-5-16(13-17)20(21,22)23/h4-10,13,15H,11-12H2,1-3H3,(H,24,26). The van der Waals surface area contributed by atoms with Gasteiger partial charge in [-0.2, -0.15) is 13.2 Å². The van der Waals surface area contributed by atoms with E-state index in [1.807, 2.05) is 19.1 Å². The number of carbonyl (C=O) groups excluding carboxylic acids is 1. The van der Waals surface area contributed by atoms with Crippen molar-refractivity contribution in [3.05, 3.63) is 59.7 Å². The number of sulfonamides is 1. The Hall–Kier alpha value is -2.75. The van der Waals surface area contributed by atoms with E-state index >= 15 is 0 Å². The van der Waals surface area contributed by atoms with Crippen molar-refractivity contribution in [3.8, 4) is 5.75 Å². The second kappa shape index (κ2) is 9.38. The van der Waals surface area contributed by atoms with Gasteiger partial charge in [0.1, 0.15) is 18.4 Å². The molecule has 0 radical (unpaired) electrons. The van der Waals surface area contributed by atoms with Crippen molar-refractivity contribution in [1.29, 1.82) is 0 Å². The summed E-state index contributed by atoms with van der Waals surface area (Å²) in [5, 5.41) is 2.54. The fourth-order valence-corrected chi connectivity index (χ4v) is 3.92. The highest BCUT2D eigenvalue weighted by molar-refractivity contribution is 7.92. The minimum Gasteiger partial charge on any atom is -0.492 e. The fraction of sp³-hybridized carbons (Fsp3) is 0.350. The van der Waals surface area contributed by atoms with Gasteiger partial charge in [-0.25, -0.2) is 8.42 Å². The lowest BCUT2D eigenvalue weighted by molar-refractivity contribution is -0.137. The largest absolute Gasteiger partial charge is 0.492 e. The van der Waals surface area contributed by atoms with Gasteiger partial charge in [0.15, 0.2) is 0 Å². The summed E-state index contributed by atoms with van der Waals surface area (Å²) in [6.07, 6.45) is -3.81. The Bertz CT molecular complexity index is 976. The Morgan fingerprint density at radius 1 is 1.17 bits per heavy atom. The smallest absolute Gasteiger partial charge is 0.416 e. The van der Waals surface area contributed by atoms with Crippen molar-refractivity contribution in [2.24, 2.45) is 0 Å². The zero-order valence-electron chi connectivity index (χ0n) is 16.7. The molecule has 30 heavy (non-hydrogen) atoms. The number of alkyl halides is 3. The summed E-state index contributed by atoms with van der Waals surface area (Å²) in [6.45, 7) is 3.47. The van der Waals surface area contributed by atoms with Crippen LogP contribution in [0.1, 0.15) is 18.1 Å². The van der Waals surface area contributed by atoms with Crippen LogP contribution < -0.4 is 14.4 Å². The molecule has 2 aromatic carbocycles. The maximum Gasteiger partial charge on any atom is 0.416 e. The Morgan fingerprint density at radius 2 is 1.80 bits per heavy atom. The van der Waals surface area contributed by atoms with E-state index in [4.69, 9.17) is 4.74 Å². The van der Waals surface area contributed by atoms with Gasteiger partial charge in [0.05, 0.1) is 24.1 Å². The van der Waals surface area contributed by atoms with Crippen LogP contribution in [0.2, 0.25) is 0 Å². The lowest BCUT2D eigenvalue weighted by atomic mass is 10.2. The number of rotatable bonds is 8. The van der Waals surface area contributed by atoms with E-state index in [1.165, 1.54) is 13.0 Å². The third kappa shape index (κ3) is 6.38. The summed E-state index contributed by atoms with van der Waals surface area (Å²) in [4.78, 5) is 12.4. The minimum absolute atomic E-state index is 0.0945. The van der Waals surface area contributed by atoms with Gasteiger partial charge < -0.3 is 10.1 Å². The molecule has 1 atom stereocenters. The third-order valence-electron chi connectivity index (χ3n) is 4.21. The SMILES string of the molecule is Cc1ccc(OCCNC(=O)C(C)N(c2cccc(C(F)(F)F)c2)S(C)(=O)=O)cc1. The highest BCUT2D eigenvalue weighted by Gasteiger charge is 2.33. The topological polar surface area (TPSA) is 75.7 Å². The van der Waals surface area contributed by atoms with Gasteiger partial charge in [-0.3, -0.25) is 9.10 Å². The van der Waals surface area contributed by atoms with Crippen molar-refractivity contribution in [3.63, 3.8) is 0 Å². The summed E-state index contributed by atoms with van der Waals surface area (Å²) in [5.41, 5.74) is -0.182. The van der Waals surface area contributed by atoms with E-state index in [-0.39, 0.29) is 18.8 Å². The average Bonchev–Trinajstić information content (AvgIpc) is 2.65. The number of nitrogens with one attached hydrogen (secondary N) is 1. The number of amides is 1. The Labute approximate surface area is 173 Å². The summed E-state index contributed by atoms with van der Waals surface area (Å²) in [5.74, 6) is -0.0463. The van der Waals surface area contributed by atoms with Crippen LogP contribution in [0.3, 0.4) is 0 Å². The van der Waals surface area contributed by atoms with E-state index in [0.29, 0.717) is 16.1 Å². The number of ether oxygens (including phenoxy) is 1. The van der Waals surface area contributed by atoms with E-state index < -0.39 is 33.7 Å². The molecule has 0 aromatic heterocycles. The molecule has 2 aromatic rings. The lowest BCUT2D eigenvalue weighted by Crippen LogP contribution is -2.48.